The van der Waals surface area contributed by atoms with Crippen molar-refractivity contribution in [1.82, 2.24) is 0 Å². The van der Waals surface area contributed by atoms with Crippen molar-refractivity contribution in [1.29, 1.82) is 0 Å². The van der Waals surface area contributed by atoms with Gasteiger partial charge in [-0.05, 0) is 25.2 Å². The van der Waals surface area contributed by atoms with Crippen LogP contribution in [0.5, 0.6) is 0 Å². The number of hydrogen-bond donors (Lipinski definition) is 2. The van der Waals surface area contributed by atoms with Crippen molar-refractivity contribution in [3.63, 3.8) is 0 Å². The topological polar surface area (TPSA) is 57.5 Å². The fraction of sp³-hybridized carbons (Fsp3) is 0.900. The van der Waals surface area contributed by atoms with Crippen molar-refractivity contribution < 1.29 is 15.0 Å². The highest BCUT2D eigenvalue weighted by atomic mass is 16.4. The molecule has 1 aliphatic carbocycles. The molecule has 0 aromatic rings. The van der Waals surface area contributed by atoms with Gasteiger partial charge in [-0.1, -0.05) is 20.3 Å². The lowest BCUT2D eigenvalue weighted by atomic mass is 9.78. The third-order valence-corrected chi connectivity index (χ3v) is 3.38. The summed E-state index contributed by atoms with van der Waals surface area (Å²) >= 11 is 0. The molecule has 0 spiro atoms. The predicted octanol–water partition coefficient (Wildman–Crippen LogP) is 1.65. The maximum atomic E-state index is 10.9. The Morgan fingerprint density at radius 2 is 2.31 bits per heavy atom. The quantitative estimate of drug-likeness (QED) is 0.704. The van der Waals surface area contributed by atoms with Crippen LogP contribution >= 0.6 is 0 Å². The summed E-state index contributed by atoms with van der Waals surface area (Å²) in [5, 5.41) is 19.2. The normalized spacial score (nSPS) is 36.1. The number of carboxylic acids is 1. The standard InChI is InChI=1S/C10H18O3/c1-3-8(9(11)12)10(13)6-4-5-7(10)2/h7-8,13H,3-6H2,1-2H3,(H,11,12). The first-order valence-electron chi connectivity index (χ1n) is 4.97. The van der Waals surface area contributed by atoms with Crippen LogP contribution in [0.25, 0.3) is 0 Å². The van der Waals surface area contributed by atoms with Crippen LogP contribution in [-0.4, -0.2) is 21.8 Å². The van der Waals surface area contributed by atoms with Gasteiger partial charge in [0.25, 0.3) is 0 Å². The van der Waals surface area contributed by atoms with Crippen LogP contribution in [0.3, 0.4) is 0 Å². The molecule has 3 atom stereocenters. The number of aliphatic carboxylic acids is 1. The molecule has 3 nitrogen and oxygen atoms in total. The Balaban J connectivity index is 2.82. The zero-order valence-electron chi connectivity index (χ0n) is 8.29. The summed E-state index contributed by atoms with van der Waals surface area (Å²) in [6.45, 7) is 3.76. The molecular weight excluding hydrogens is 168 g/mol. The van der Waals surface area contributed by atoms with Crippen LogP contribution in [0, 0.1) is 11.8 Å². The van der Waals surface area contributed by atoms with Crippen LogP contribution in [0.1, 0.15) is 39.5 Å². The smallest absolute Gasteiger partial charge is 0.309 e. The van der Waals surface area contributed by atoms with E-state index >= 15 is 0 Å². The van der Waals surface area contributed by atoms with Gasteiger partial charge in [0.15, 0.2) is 0 Å². The Morgan fingerprint density at radius 1 is 1.69 bits per heavy atom. The molecule has 1 aliphatic rings. The molecule has 76 valence electrons. The Labute approximate surface area is 78.8 Å². The van der Waals surface area contributed by atoms with Crippen LogP contribution in [0.15, 0.2) is 0 Å². The molecule has 1 rings (SSSR count). The maximum Gasteiger partial charge on any atom is 0.309 e. The van der Waals surface area contributed by atoms with E-state index in [4.69, 9.17) is 5.11 Å². The molecule has 1 saturated carbocycles. The minimum atomic E-state index is -0.958. The van der Waals surface area contributed by atoms with E-state index in [0.29, 0.717) is 12.8 Å². The van der Waals surface area contributed by atoms with Gasteiger partial charge in [0.05, 0.1) is 11.5 Å². The lowest BCUT2D eigenvalue weighted by Crippen LogP contribution is -2.44. The Morgan fingerprint density at radius 3 is 2.62 bits per heavy atom. The molecule has 13 heavy (non-hydrogen) atoms. The van der Waals surface area contributed by atoms with Crippen molar-refractivity contribution in [2.24, 2.45) is 11.8 Å². The first-order valence-corrected chi connectivity index (χ1v) is 4.97. The number of rotatable bonds is 3. The maximum absolute atomic E-state index is 10.9. The molecule has 0 aromatic heterocycles. The van der Waals surface area contributed by atoms with E-state index in [1.54, 1.807) is 0 Å². The second kappa shape index (κ2) is 3.66. The fourth-order valence-corrected chi connectivity index (χ4v) is 2.45. The summed E-state index contributed by atoms with van der Waals surface area (Å²) in [5.41, 5.74) is -0.958. The van der Waals surface area contributed by atoms with Gasteiger partial charge in [-0.2, -0.15) is 0 Å². The summed E-state index contributed by atoms with van der Waals surface area (Å²) < 4.78 is 0. The van der Waals surface area contributed by atoms with Gasteiger partial charge >= 0.3 is 5.97 Å². The SMILES string of the molecule is CCC(C(=O)O)C1(O)CCCC1C. The highest BCUT2D eigenvalue weighted by Crippen LogP contribution is 2.42. The molecule has 0 aromatic carbocycles. The third-order valence-electron chi connectivity index (χ3n) is 3.38. The van der Waals surface area contributed by atoms with Crippen molar-refractivity contribution in [2.45, 2.75) is 45.1 Å². The van der Waals surface area contributed by atoms with Gasteiger partial charge in [0, 0.05) is 0 Å². The minimum Gasteiger partial charge on any atom is -0.481 e. The third kappa shape index (κ3) is 1.70. The summed E-state index contributed by atoms with van der Waals surface area (Å²) in [6.07, 6.45) is 3.04. The number of aliphatic hydroxyl groups is 1. The Bertz CT molecular complexity index is 202. The zero-order valence-corrected chi connectivity index (χ0v) is 8.29. The molecule has 0 radical (unpaired) electrons. The van der Waals surface area contributed by atoms with Crippen LogP contribution in [-0.2, 0) is 4.79 Å². The van der Waals surface area contributed by atoms with E-state index in [9.17, 15) is 9.90 Å². The Hall–Kier alpha value is -0.570. The first kappa shape index (κ1) is 10.5. The first-order chi connectivity index (χ1) is 6.02. The predicted molar refractivity (Wildman–Crippen MR) is 49.4 cm³/mol. The molecule has 0 heterocycles. The van der Waals surface area contributed by atoms with E-state index in [0.717, 1.165) is 12.8 Å². The summed E-state index contributed by atoms with van der Waals surface area (Å²) in [7, 11) is 0. The number of carboxylic acid groups (broad SMARTS) is 1. The average Bonchev–Trinajstić information content (AvgIpc) is 2.33. The van der Waals surface area contributed by atoms with E-state index in [-0.39, 0.29) is 5.92 Å². The molecule has 1 fully saturated rings. The van der Waals surface area contributed by atoms with Gasteiger partial charge in [0.2, 0.25) is 0 Å². The summed E-state index contributed by atoms with van der Waals surface area (Å²) in [5.74, 6) is -1.34. The average molecular weight is 186 g/mol. The van der Waals surface area contributed by atoms with Gasteiger partial charge in [0.1, 0.15) is 0 Å². The zero-order chi connectivity index (χ0) is 10.1. The van der Waals surface area contributed by atoms with Crippen molar-refractivity contribution in [2.75, 3.05) is 0 Å². The molecule has 3 heteroatoms. The van der Waals surface area contributed by atoms with E-state index in [2.05, 4.69) is 0 Å². The van der Waals surface area contributed by atoms with Gasteiger partial charge in [-0.3, -0.25) is 4.79 Å². The second-order valence-corrected chi connectivity index (χ2v) is 4.08. The van der Waals surface area contributed by atoms with Crippen LogP contribution in [0.4, 0.5) is 0 Å². The minimum absolute atomic E-state index is 0.119. The molecular formula is C10H18O3. The number of hydrogen-bond acceptors (Lipinski definition) is 2. The molecule has 0 bridgehead atoms. The highest BCUT2D eigenvalue weighted by Gasteiger charge is 2.47. The lowest BCUT2D eigenvalue weighted by Gasteiger charge is -2.33. The highest BCUT2D eigenvalue weighted by molar-refractivity contribution is 5.71. The van der Waals surface area contributed by atoms with E-state index < -0.39 is 17.5 Å². The fourth-order valence-electron chi connectivity index (χ4n) is 2.45. The summed E-state index contributed by atoms with van der Waals surface area (Å²) in [6, 6.07) is 0. The van der Waals surface area contributed by atoms with Crippen molar-refractivity contribution >= 4 is 5.97 Å². The molecule has 0 saturated heterocycles. The van der Waals surface area contributed by atoms with Gasteiger partial charge < -0.3 is 10.2 Å². The van der Waals surface area contributed by atoms with E-state index in [1.807, 2.05) is 13.8 Å². The van der Waals surface area contributed by atoms with Crippen molar-refractivity contribution in [3.8, 4) is 0 Å². The molecule has 0 amide bonds. The van der Waals surface area contributed by atoms with Crippen molar-refractivity contribution in [3.05, 3.63) is 0 Å². The Kier molecular flexibility index (Phi) is 2.96. The van der Waals surface area contributed by atoms with Crippen LogP contribution in [0.2, 0.25) is 0 Å². The van der Waals surface area contributed by atoms with Gasteiger partial charge in [-0.15, -0.1) is 0 Å². The van der Waals surface area contributed by atoms with E-state index in [1.165, 1.54) is 0 Å². The van der Waals surface area contributed by atoms with Gasteiger partial charge in [-0.25, -0.2) is 0 Å². The molecule has 0 aliphatic heterocycles. The monoisotopic (exact) mass is 186 g/mol. The number of carbonyl (C=O) groups is 1. The largest absolute Gasteiger partial charge is 0.481 e. The molecule has 2 N–H and O–H groups in total. The lowest BCUT2D eigenvalue weighted by molar-refractivity contribution is -0.155. The van der Waals surface area contributed by atoms with Crippen LogP contribution < -0.4 is 0 Å². The molecule has 3 unspecified atom stereocenters. The second-order valence-electron chi connectivity index (χ2n) is 4.08. The summed E-state index contributed by atoms with van der Waals surface area (Å²) in [4.78, 5) is 10.9.